The van der Waals surface area contributed by atoms with Crippen LogP contribution < -0.4 is 5.32 Å². The number of nitrogens with one attached hydrogen (secondary N) is 1. The van der Waals surface area contributed by atoms with E-state index in [2.05, 4.69) is 12.2 Å². The number of hydrogen-bond donors (Lipinski definition) is 1. The first-order valence-corrected chi connectivity index (χ1v) is 8.51. The van der Waals surface area contributed by atoms with Gasteiger partial charge in [0.25, 0.3) is 5.91 Å². The first-order chi connectivity index (χ1) is 11.1. The van der Waals surface area contributed by atoms with Crippen LogP contribution in [0.4, 0.5) is 0 Å². The molecule has 2 aliphatic rings. The van der Waals surface area contributed by atoms with Crippen LogP contribution in [0.3, 0.4) is 0 Å². The van der Waals surface area contributed by atoms with Crippen LogP contribution in [-0.2, 0) is 4.79 Å². The maximum atomic E-state index is 12.6. The van der Waals surface area contributed by atoms with Gasteiger partial charge >= 0.3 is 0 Å². The van der Waals surface area contributed by atoms with Gasteiger partial charge in [-0.3, -0.25) is 9.59 Å². The predicted octanol–water partition coefficient (Wildman–Crippen LogP) is 1.78. The van der Waals surface area contributed by atoms with Crippen LogP contribution in [0.2, 0.25) is 0 Å². The molecule has 6 heteroatoms. The highest BCUT2D eigenvalue weighted by atomic mass is 35.5. The Morgan fingerprint density at radius 2 is 1.67 bits per heavy atom. The largest absolute Gasteiger partial charge is 0.339 e. The number of piperazine rings is 1. The Hall–Kier alpha value is -1.59. The van der Waals surface area contributed by atoms with E-state index in [1.807, 2.05) is 40.1 Å². The fraction of sp³-hybridized carbons (Fsp3) is 0.556. The maximum absolute atomic E-state index is 12.6. The van der Waals surface area contributed by atoms with Crippen molar-refractivity contribution in [3.63, 3.8) is 0 Å². The first kappa shape index (κ1) is 18.7. The Morgan fingerprint density at radius 1 is 1.04 bits per heavy atom. The molecule has 1 aromatic rings. The molecule has 5 nitrogen and oxygen atoms in total. The molecule has 1 N–H and O–H groups in total. The average molecular weight is 352 g/mol. The van der Waals surface area contributed by atoms with Gasteiger partial charge in [-0.1, -0.05) is 18.2 Å². The van der Waals surface area contributed by atoms with Crippen molar-refractivity contribution in [2.75, 3.05) is 32.7 Å². The summed E-state index contributed by atoms with van der Waals surface area (Å²) in [5, 5.41) is 3.39. The van der Waals surface area contributed by atoms with E-state index in [0.717, 1.165) is 24.9 Å². The number of piperidine rings is 1. The second-order valence-corrected chi connectivity index (χ2v) is 6.56. The lowest BCUT2D eigenvalue weighted by atomic mass is 9.92. The summed E-state index contributed by atoms with van der Waals surface area (Å²) in [6, 6.07) is 9.77. The molecule has 0 radical (unpaired) electrons. The average Bonchev–Trinajstić information content (AvgIpc) is 2.61. The quantitative estimate of drug-likeness (QED) is 0.883. The number of halogens is 1. The van der Waals surface area contributed by atoms with Gasteiger partial charge in [0.2, 0.25) is 5.91 Å². The molecule has 2 saturated heterocycles. The zero-order valence-corrected chi connectivity index (χ0v) is 14.9. The van der Waals surface area contributed by atoms with E-state index in [-0.39, 0.29) is 30.1 Å². The van der Waals surface area contributed by atoms with E-state index in [0.29, 0.717) is 32.2 Å². The molecule has 2 atom stereocenters. The Balaban J connectivity index is 0.00000208. The molecule has 0 aliphatic carbocycles. The Kier molecular flexibility index (Phi) is 6.63. The summed E-state index contributed by atoms with van der Waals surface area (Å²) in [4.78, 5) is 28.9. The van der Waals surface area contributed by atoms with Crippen LogP contribution in [0, 0.1) is 5.92 Å². The zero-order chi connectivity index (χ0) is 16.2. The molecule has 0 spiro atoms. The molecule has 0 unspecified atom stereocenters. The summed E-state index contributed by atoms with van der Waals surface area (Å²) in [7, 11) is 0. The lowest BCUT2D eigenvalue weighted by Crippen LogP contribution is -2.53. The second kappa shape index (κ2) is 8.49. The van der Waals surface area contributed by atoms with Gasteiger partial charge in [0.05, 0.1) is 0 Å². The monoisotopic (exact) mass is 351 g/mol. The third-order valence-corrected chi connectivity index (χ3v) is 4.87. The van der Waals surface area contributed by atoms with E-state index in [1.165, 1.54) is 0 Å². The van der Waals surface area contributed by atoms with Gasteiger partial charge in [-0.2, -0.15) is 0 Å². The second-order valence-electron chi connectivity index (χ2n) is 6.56. The highest BCUT2D eigenvalue weighted by Crippen LogP contribution is 2.20. The number of benzene rings is 1. The lowest BCUT2D eigenvalue weighted by Gasteiger charge is -2.38. The van der Waals surface area contributed by atoms with Gasteiger partial charge in [0.1, 0.15) is 0 Å². The van der Waals surface area contributed by atoms with Crippen molar-refractivity contribution in [2.45, 2.75) is 25.8 Å². The smallest absolute Gasteiger partial charge is 0.253 e. The van der Waals surface area contributed by atoms with Crippen LogP contribution in [-0.4, -0.2) is 60.4 Å². The summed E-state index contributed by atoms with van der Waals surface area (Å²) < 4.78 is 0. The van der Waals surface area contributed by atoms with Crippen molar-refractivity contribution in [1.82, 2.24) is 15.1 Å². The van der Waals surface area contributed by atoms with Crippen LogP contribution in [0.1, 0.15) is 30.1 Å². The minimum absolute atomic E-state index is 0. The van der Waals surface area contributed by atoms with E-state index in [4.69, 9.17) is 0 Å². The molecular formula is C18H26ClN3O2. The van der Waals surface area contributed by atoms with Crippen molar-refractivity contribution in [2.24, 2.45) is 5.92 Å². The van der Waals surface area contributed by atoms with Crippen LogP contribution in [0.25, 0.3) is 0 Å². The molecular weight excluding hydrogens is 326 g/mol. The van der Waals surface area contributed by atoms with E-state index in [1.54, 1.807) is 0 Å². The van der Waals surface area contributed by atoms with Gasteiger partial charge in [0, 0.05) is 43.7 Å². The van der Waals surface area contributed by atoms with E-state index >= 15 is 0 Å². The number of carbonyl (C=O) groups excluding carboxylic acids is 2. The standard InChI is InChI=1S/C18H25N3O2.ClH/c1-14-13-16(7-8-19-14)18(23)21-11-9-20(10-12-21)17(22)15-5-3-2-4-6-15;/h2-6,14,16,19H,7-13H2,1H3;1H/t14-,16-;/m0./s1. The summed E-state index contributed by atoms with van der Waals surface area (Å²) in [6.45, 7) is 5.60. The molecule has 0 saturated carbocycles. The molecule has 2 amide bonds. The molecule has 2 heterocycles. The Labute approximate surface area is 149 Å². The Bertz CT molecular complexity index is 559. The normalized spacial score (nSPS) is 24.2. The number of carbonyl (C=O) groups is 2. The SMILES string of the molecule is C[C@H]1C[C@@H](C(=O)N2CCN(C(=O)c3ccccc3)CC2)CCN1.Cl. The van der Waals surface area contributed by atoms with Gasteiger partial charge < -0.3 is 15.1 Å². The van der Waals surface area contributed by atoms with Crippen LogP contribution in [0.15, 0.2) is 30.3 Å². The van der Waals surface area contributed by atoms with Gasteiger partial charge in [-0.15, -0.1) is 12.4 Å². The molecule has 3 rings (SSSR count). The molecule has 132 valence electrons. The predicted molar refractivity (Wildman–Crippen MR) is 96.4 cm³/mol. The van der Waals surface area contributed by atoms with Crippen molar-refractivity contribution in [3.8, 4) is 0 Å². The van der Waals surface area contributed by atoms with Gasteiger partial charge in [0.15, 0.2) is 0 Å². The van der Waals surface area contributed by atoms with Crippen molar-refractivity contribution in [3.05, 3.63) is 35.9 Å². The van der Waals surface area contributed by atoms with Crippen molar-refractivity contribution in [1.29, 1.82) is 0 Å². The molecule has 24 heavy (non-hydrogen) atoms. The van der Waals surface area contributed by atoms with Crippen molar-refractivity contribution < 1.29 is 9.59 Å². The summed E-state index contributed by atoms with van der Waals surface area (Å²) >= 11 is 0. The van der Waals surface area contributed by atoms with E-state index in [9.17, 15) is 9.59 Å². The highest BCUT2D eigenvalue weighted by molar-refractivity contribution is 5.94. The molecule has 2 fully saturated rings. The number of nitrogens with zero attached hydrogens (tertiary/aromatic N) is 2. The fourth-order valence-electron chi connectivity index (χ4n) is 3.51. The number of amides is 2. The molecule has 1 aromatic carbocycles. The minimum atomic E-state index is 0. The van der Waals surface area contributed by atoms with Crippen molar-refractivity contribution >= 4 is 24.2 Å². The fourth-order valence-corrected chi connectivity index (χ4v) is 3.51. The lowest BCUT2D eigenvalue weighted by molar-refractivity contribution is -0.138. The maximum Gasteiger partial charge on any atom is 0.253 e. The Morgan fingerprint density at radius 3 is 2.29 bits per heavy atom. The topological polar surface area (TPSA) is 52.7 Å². The molecule has 2 aliphatic heterocycles. The first-order valence-electron chi connectivity index (χ1n) is 8.51. The summed E-state index contributed by atoms with van der Waals surface area (Å²) in [5.41, 5.74) is 0.722. The minimum Gasteiger partial charge on any atom is -0.339 e. The number of rotatable bonds is 2. The van der Waals surface area contributed by atoms with Crippen LogP contribution >= 0.6 is 12.4 Å². The number of hydrogen-bond acceptors (Lipinski definition) is 3. The molecule has 0 aromatic heterocycles. The molecule has 0 bridgehead atoms. The van der Waals surface area contributed by atoms with Crippen LogP contribution in [0.5, 0.6) is 0 Å². The summed E-state index contributed by atoms with van der Waals surface area (Å²) in [6.07, 6.45) is 1.84. The van der Waals surface area contributed by atoms with Gasteiger partial charge in [-0.05, 0) is 38.4 Å². The summed E-state index contributed by atoms with van der Waals surface area (Å²) in [5.74, 6) is 0.473. The van der Waals surface area contributed by atoms with Gasteiger partial charge in [-0.25, -0.2) is 0 Å². The third-order valence-electron chi connectivity index (χ3n) is 4.87. The highest BCUT2D eigenvalue weighted by Gasteiger charge is 2.31. The zero-order valence-electron chi connectivity index (χ0n) is 14.1. The van der Waals surface area contributed by atoms with E-state index < -0.39 is 0 Å². The third kappa shape index (κ3) is 4.28.